The molecule has 30 heavy (non-hydrogen) atoms. The number of anilines is 2. The van der Waals surface area contributed by atoms with Gasteiger partial charge in [-0.3, -0.25) is 4.79 Å². The monoisotopic (exact) mass is 425 g/mol. The highest BCUT2D eigenvalue weighted by Gasteiger charge is 2.33. The van der Waals surface area contributed by atoms with Crippen LogP contribution in [0, 0.1) is 12.7 Å². The summed E-state index contributed by atoms with van der Waals surface area (Å²) in [5, 5.41) is 14.4. The van der Waals surface area contributed by atoms with Gasteiger partial charge in [0.1, 0.15) is 10.8 Å². The number of aromatic nitrogens is 2. The number of amides is 3. The zero-order chi connectivity index (χ0) is 21.1. The number of benzene rings is 2. The highest BCUT2D eigenvalue weighted by Crippen LogP contribution is 2.34. The van der Waals surface area contributed by atoms with Crippen LogP contribution in [-0.4, -0.2) is 33.6 Å². The fraction of sp³-hybridized carbons (Fsp3) is 0.238. The molecule has 1 aromatic heterocycles. The minimum atomic E-state index is -0.460. The Labute approximate surface area is 176 Å². The average Bonchev–Trinajstić information content (AvgIpc) is 3.37. The molecule has 1 aliphatic rings. The summed E-state index contributed by atoms with van der Waals surface area (Å²) in [4.78, 5) is 26.9. The Balaban J connectivity index is 1.45. The number of likely N-dealkylation sites (tertiary alicyclic amines) is 1. The van der Waals surface area contributed by atoms with E-state index in [1.165, 1.54) is 18.2 Å². The highest BCUT2D eigenvalue weighted by molar-refractivity contribution is 7.13. The van der Waals surface area contributed by atoms with Gasteiger partial charge in [-0.1, -0.05) is 29.5 Å². The minimum absolute atomic E-state index is 0.167. The van der Waals surface area contributed by atoms with Gasteiger partial charge in [0.25, 0.3) is 5.91 Å². The fourth-order valence-electron chi connectivity index (χ4n) is 3.40. The van der Waals surface area contributed by atoms with Crippen molar-refractivity contribution in [1.82, 2.24) is 15.1 Å². The lowest BCUT2D eigenvalue weighted by Gasteiger charge is -2.23. The summed E-state index contributed by atoms with van der Waals surface area (Å²) in [6, 6.07) is 12.8. The zero-order valence-corrected chi connectivity index (χ0v) is 17.1. The van der Waals surface area contributed by atoms with Crippen LogP contribution in [0.1, 0.15) is 39.3 Å². The van der Waals surface area contributed by atoms with Gasteiger partial charge in [-0.15, -0.1) is 10.2 Å². The second kappa shape index (κ2) is 8.58. The van der Waals surface area contributed by atoms with E-state index in [0.29, 0.717) is 17.2 Å². The maximum Gasteiger partial charge on any atom is 0.322 e. The summed E-state index contributed by atoms with van der Waals surface area (Å²) in [5.74, 6) is -0.898. The molecule has 9 heteroatoms. The Morgan fingerprint density at radius 3 is 2.63 bits per heavy atom. The van der Waals surface area contributed by atoms with Crippen molar-refractivity contribution >= 4 is 34.6 Å². The molecule has 0 unspecified atom stereocenters. The topological polar surface area (TPSA) is 87.2 Å². The summed E-state index contributed by atoms with van der Waals surface area (Å²) in [6.45, 7) is 2.57. The largest absolute Gasteiger partial charge is 0.322 e. The normalized spacial score (nSPS) is 15.8. The van der Waals surface area contributed by atoms with Crippen molar-refractivity contribution in [3.05, 3.63) is 69.9 Å². The molecule has 2 heterocycles. The Hall–Kier alpha value is -3.33. The molecule has 2 N–H and O–H groups in total. The van der Waals surface area contributed by atoms with E-state index in [0.717, 1.165) is 35.4 Å². The molecule has 0 spiro atoms. The molecule has 4 rings (SSSR count). The average molecular weight is 425 g/mol. The minimum Gasteiger partial charge on any atom is -0.320 e. The van der Waals surface area contributed by atoms with Crippen LogP contribution in [0.3, 0.4) is 0 Å². The molecule has 154 valence electrons. The Morgan fingerprint density at radius 2 is 1.87 bits per heavy atom. The third kappa shape index (κ3) is 4.46. The lowest BCUT2D eigenvalue weighted by molar-refractivity contribution is 0.102. The first-order chi connectivity index (χ1) is 14.5. The summed E-state index contributed by atoms with van der Waals surface area (Å²) in [7, 11) is 0. The van der Waals surface area contributed by atoms with Crippen molar-refractivity contribution in [2.45, 2.75) is 25.8 Å². The van der Waals surface area contributed by atoms with E-state index >= 15 is 0 Å². The quantitative estimate of drug-likeness (QED) is 0.639. The fourth-order valence-corrected chi connectivity index (χ4v) is 4.28. The van der Waals surface area contributed by atoms with Crippen LogP contribution < -0.4 is 10.6 Å². The van der Waals surface area contributed by atoms with E-state index in [9.17, 15) is 14.0 Å². The molecule has 1 aliphatic heterocycles. The molecule has 1 atom stereocenters. The van der Waals surface area contributed by atoms with E-state index in [2.05, 4.69) is 20.8 Å². The van der Waals surface area contributed by atoms with E-state index in [4.69, 9.17) is 0 Å². The Morgan fingerprint density at radius 1 is 1.10 bits per heavy atom. The summed E-state index contributed by atoms with van der Waals surface area (Å²) in [6.07, 6.45) is 1.59. The van der Waals surface area contributed by atoms with Gasteiger partial charge in [-0.2, -0.15) is 0 Å². The molecule has 0 saturated carbocycles. The smallest absolute Gasteiger partial charge is 0.320 e. The predicted octanol–water partition coefficient (Wildman–Crippen LogP) is 4.61. The highest BCUT2D eigenvalue weighted by atomic mass is 32.1. The van der Waals surface area contributed by atoms with Crippen LogP contribution in [-0.2, 0) is 0 Å². The van der Waals surface area contributed by atoms with Gasteiger partial charge in [0.15, 0.2) is 0 Å². The van der Waals surface area contributed by atoms with Crippen molar-refractivity contribution in [1.29, 1.82) is 0 Å². The lowest BCUT2D eigenvalue weighted by atomic mass is 10.2. The second-order valence-corrected chi connectivity index (χ2v) is 8.07. The van der Waals surface area contributed by atoms with E-state index in [1.54, 1.807) is 11.0 Å². The van der Waals surface area contributed by atoms with E-state index in [1.807, 2.05) is 31.2 Å². The van der Waals surface area contributed by atoms with Crippen LogP contribution in [0.2, 0.25) is 0 Å². The first-order valence-electron chi connectivity index (χ1n) is 9.54. The van der Waals surface area contributed by atoms with Crippen molar-refractivity contribution in [2.75, 3.05) is 17.2 Å². The van der Waals surface area contributed by atoms with Crippen molar-refractivity contribution < 1.29 is 14.0 Å². The lowest BCUT2D eigenvalue weighted by Crippen LogP contribution is -2.34. The summed E-state index contributed by atoms with van der Waals surface area (Å²) in [5.41, 5.74) is 2.14. The van der Waals surface area contributed by atoms with Gasteiger partial charge in [0.05, 0.1) is 6.04 Å². The SMILES string of the molecule is Cc1cccc(NC(=O)N2CCC[C@@H]2c2nnc(C(=O)Nc3cccc(F)c3)s2)c1. The molecule has 0 aliphatic carbocycles. The third-order valence-corrected chi connectivity index (χ3v) is 5.81. The Kier molecular flexibility index (Phi) is 5.71. The van der Waals surface area contributed by atoms with Gasteiger partial charge in [-0.25, -0.2) is 9.18 Å². The second-order valence-electron chi connectivity index (χ2n) is 7.06. The van der Waals surface area contributed by atoms with Crippen LogP contribution in [0.4, 0.5) is 20.6 Å². The summed E-state index contributed by atoms with van der Waals surface area (Å²) >= 11 is 1.14. The van der Waals surface area contributed by atoms with Crippen LogP contribution in [0.5, 0.6) is 0 Å². The zero-order valence-electron chi connectivity index (χ0n) is 16.3. The number of nitrogens with one attached hydrogen (secondary N) is 2. The number of rotatable bonds is 4. The predicted molar refractivity (Wildman–Crippen MR) is 113 cm³/mol. The van der Waals surface area contributed by atoms with E-state index < -0.39 is 11.7 Å². The number of hydrogen-bond acceptors (Lipinski definition) is 5. The molecular weight excluding hydrogens is 405 g/mol. The number of carbonyl (C=O) groups is 2. The van der Waals surface area contributed by atoms with Crippen molar-refractivity contribution in [3.8, 4) is 0 Å². The van der Waals surface area contributed by atoms with Crippen molar-refractivity contribution in [3.63, 3.8) is 0 Å². The number of halogens is 1. The molecular formula is C21H20FN5O2S. The van der Waals surface area contributed by atoms with Gasteiger partial charge >= 0.3 is 6.03 Å². The molecule has 2 aromatic carbocycles. The van der Waals surface area contributed by atoms with Crippen molar-refractivity contribution in [2.24, 2.45) is 0 Å². The number of hydrogen-bond donors (Lipinski definition) is 2. The molecule has 1 fully saturated rings. The van der Waals surface area contributed by atoms with Gasteiger partial charge in [0, 0.05) is 17.9 Å². The van der Waals surface area contributed by atoms with Gasteiger partial charge in [-0.05, 0) is 55.7 Å². The molecule has 0 bridgehead atoms. The van der Waals surface area contributed by atoms with Gasteiger partial charge in [0.2, 0.25) is 5.01 Å². The number of carbonyl (C=O) groups excluding carboxylic acids is 2. The number of urea groups is 1. The molecule has 3 amide bonds. The molecule has 7 nitrogen and oxygen atoms in total. The van der Waals surface area contributed by atoms with E-state index in [-0.39, 0.29) is 17.1 Å². The molecule has 0 radical (unpaired) electrons. The first kappa shape index (κ1) is 20.0. The van der Waals surface area contributed by atoms with Crippen LogP contribution >= 0.6 is 11.3 Å². The maximum atomic E-state index is 13.3. The molecule has 3 aromatic rings. The Bertz CT molecular complexity index is 1090. The number of nitrogens with zero attached hydrogens (tertiary/aromatic N) is 3. The standard InChI is InChI=1S/C21H20FN5O2S/c1-13-5-2-7-15(11-13)24-21(29)27-10-4-9-17(27)19-25-26-20(30-19)18(28)23-16-8-3-6-14(22)12-16/h2-3,5-8,11-12,17H,4,9-10H2,1H3,(H,23,28)(H,24,29)/t17-/m1/s1. The third-order valence-electron chi connectivity index (χ3n) is 4.79. The summed E-state index contributed by atoms with van der Waals surface area (Å²) < 4.78 is 13.3. The van der Waals surface area contributed by atoms with Crippen LogP contribution in [0.25, 0.3) is 0 Å². The first-order valence-corrected chi connectivity index (χ1v) is 10.4. The van der Waals surface area contributed by atoms with Crippen LogP contribution in [0.15, 0.2) is 48.5 Å². The maximum absolute atomic E-state index is 13.3. The number of aryl methyl sites for hydroxylation is 1. The van der Waals surface area contributed by atoms with Gasteiger partial charge < -0.3 is 15.5 Å². The molecule has 1 saturated heterocycles.